The van der Waals surface area contributed by atoms with Crippen molar-refractivity contribution in [2.24, 2.45) is 0 Å². The van der Waals surface area contributed by atoms with Gasteiger partial charge in [-0.15, -0.1) is 0 Å². The summed E-state index contributed by atoms with van der Waals surface area (Å²) in [6, 6.07) is 8.73. The summed E-state index contributed by atoms with van der Waals surface area (Å²) in [5.41, 5.74) is 0.670. The highest BCUT2D eigenvalue weighted by Crippen LogP contribution is 2.32. The van der Waals surface area contributed by atoms with E-state index in [1.807, 2.05) is 19.1 Å². The lowest BCUT2D eigenvalue weighted by Crippen LogP contribution is -2.33. The maximum Gasteiger partial charge on any atom is 0.335 e. The van der Waals surface area contributed by atoms with Gasteiger partial charge in [0.1, 0.15) is 11.4 Å². The monoisotopic (exact) mass is 430 g/mol. The van der Waals surface area contributed by atoms with Gasteiger partial charge in [-0.25, -0.2) is 4.79 Å². The zero-order valence-electron chi connectivity index (χ0n) is 16.6. The molecule has 0 aromatic heterocycles. The third-order valence-electron chi connectivity index (χ3n) is 5.09. The first-order valence-electron chi connectivity index (χ1n) is 9.77. The van der Waals surface area contributed by atoms with Crippen molar-refractivity contribution in [1.82, 2.24) is 10.2 Å². The van der Waals surface area contributed by atoms with Crippen LogP contribution in [0.1, 0.15) is 31.7 Å². The quantitative estimate of drug-likeness (QED) is 0.596. The second-order valence-corrected chi connectivity index (χ2v) is 7.62. The maximum absolute atomic E-state index is 12.5. The number of aryl methyl sites for hydroxylation is 1. The van der Waals surface area contributed by atoms with Crippen LogP contribution in [-0.4, -0.2) is 46.0 Å². The molecule has 0 atom stereocenters. The number of phenols is 1. The van der Waals surface area contributed by atoms with Gasteiger partial charge in [-0.1, -0.05) is 49.2 Å². The summed E-state index contributed by atoms with van der Waals surface area (Å²) >= 11 is 6.09. The summed E-state index contributed by atoms with van der Waals surface area (Å²) in [5, 5.41) is 23.4. The van der Waals surface area contributed by atoms with E-state index in [1.165, 1.54) is 11.0 Å². The molecule has 1 aliphatic rings. The van der Waals surface area contributed by atoms with Crippen LogP contribution >= 0.6 is 11.6 Å². The van der Waals surface area contributed by atoms with Crippen LogP contribution in [0.3, 0.4) is 0 Å². The number of aliphatic carboxylic acids is 1. The third-order valence-corrected chi connectivity index (χ3v) is 5.49. The molecule has 0 unspecified atom stereocenters. The first-order valence-corrected chi connectivity index (χ1v) is 10.1. The number of rotatable bonds is 8. The number of carboxylic acid groups (broad SMARTS) is 1. The van der Waals surface area contributed by atoms with E-state index in [0.717, 1.165) is 23.8 Å². The number of nitrogens with one attached hydrogen (secondary N) is 1. The summed E-state index contributed by atoms with van der Waals surface area (Å²) < 4.78 is 0. The molecule has 0 saturated carbocycles. The van der Waals surface area contributed by atoms with E-state index >= 15 is 0 Å². The van der Waals surface area contributed by atoms with Crippen molar-refractivity contribution < 1.29 is 24.6 Å². The minimum Gasteiger partial charge on any atom is -0.506 e. The predicted octanol–water partition coefficient (Wildman–Crippen LogP) is 3.23. The highest BCUT2D eigenvalue weighted by molar-refractivity contribution is 6.37. The summed E-state index contributed by atoms with van der Waals surface area (Å²) in [6.45, 7) is 2.45. The van der Waals surface area contributed by atoms with Crippen molar-refractivity contribution in [2.75, 3.05) is 13.1 Å². The number of nitrogens with zero attached hydrogens (tertiary/aromatic N) is 1. The molecule has 2 amide bonds. The van der Waals surface area contributed by atoms with E-state index in [0.29, 0.717) is 18.4 Å². The number of fused-ring (bicyclic) bond motifs is 1. The topological polar surface area (TPSA) is 107 Å². The number of carbonyl (C=O) groups is 3. The number of carboxylic acids is 1. The van der Waals surface area contributed by atoms with Crippen LogP contribution in [0.25, 0.3) is 10.8 Å². The second-order valence-electron chi connectivity index (χ2n) is 7.24. The Bertz CT molecular complexity index is 1050. The van der Waals surface area contributed by atoms with Crippen molar-refractivity contribution in [2.45, 2.75) is 32.6 Å². The fourth-order valence-electron chi connectivity index (χ4n) is 3.41. The zero-order valence-corrected chi connectivity index (χ0v) is 17.3. The van der Waals surface area contributed by atoms with Crippen molar-refractivity contribution in [1.29, 1.82) is 0 Å². The molecular weight excluding hydrogens is 408 g/mol. The molecule has 3 N–H and O–H groups in total. The number of unbranched alkanes of at least 4 members (excludes halogenated alkanes) is 1. The van der Waals surface area contributed by atoms with Gasteiger partial charge in [-0.3, -0.25) is 9.59 Å². The molecule has 158 valence electrons. The lowest BCUT2D eigenvalue weighted by atomic mass is 10.0. The number of hydrogen-bond donors (Lipinski definition) is 3. The molecule has 2 aromatic rings. The van der Waals surface area contributed by atoms with Crippen LogP contribution in [-0.2, 0) is 20.8 Å². The standard InChI is InChI=1S/C22H23ClN2O5/c1-2-3-10-25-12-16(22(29)30)20(21(25)28)24-18(27)9-5-13-4-7-15-14(11-13)6-8-17(26)19(15)23/h4,6-8,11,26H,2-3,5,9-10,12H2,1H3,(H,24,27)(H,29,30). The molecule has 8 heteroatoms. The number of halogens is 1. The van der Waals surface area contributed by atoms with Crippen LogP contribution in [0.4, 0.5) is 0 Å². The molecule has 0 bridgehead atoms. The van der Waals surface area contributed by atoms with E-state index in [1.54, 1.807) is 12.1 Å². The largest absolute Gasteiger partial charge is 0.506 e. The molecule has 2 aromatic carbocycles. The Labute approximate surface area is 178 Å². The normalized spacial score (nSPS) is 13.9. The Hall–Kier alpha value is -3.06. The van der Waals surface area contributed by atoms with Gasteiger partial charge in [0.2, 0.25) is 5.91 Å². The Morgan fingerprint density at radius 1 is 1.23 bits per heavy atom. The number of aromatic hydroxyl groups is 1. The summed E-state index contributed by atoms with van der Waals surface area (Å²) in [4.78, 5) is 37.9. The number of hydrogen-bond acceptors (Lipinski definition) is 4. The first kappa shape index (κ1) is 21.6. The van der Waals surface area contributed by atoms with E-state index in [2.05, 4.69) is 5.32 Å². The van der Waals surface area contributed by atoms with Crippen molar-refractivity contribution in [3.05, 3.63) is 52.2 Å². The van der Waals surface area contributed by atoms with Gasteiger partial charge in [0.05, 0.1) is 17.1 Å². The minimum absolute atomic E-state index is 0.00204. The summed E-state index contributed by atoms with van der Waals surface area (Å²) in [6.07, 6.45) is 2.15. The van der Waals surface area contributed by atoms with Crippen LogP contribution in [0.5, 0.6) is 5.75 Å². The molecule has 1 heterocycles. The van der Waals surface area contributed by atoms with Gasteiger partial charge in [-0.05, 0) is 29.9 Å². The van der Waals surface area contributed by atoms with E-state index < -0.39 is 17.8 Å². The Kier molecular flexibility index (Phi) is 6.62. The van der Waals surface area contributed by atoms with Gasteiger partial charge >= 0.3 is 5.97 Å². The maximum atomic E-state index is 12.5. The van der Waals surface area contributed by atoms with Gasteiger partial charge in [0.15, 0.2) is 0 Å². The van der Waals surface area contributed by atoms with Gasteiger partial charge in [-0.2, -0.15) is 0 Å². The van der Waals surface area contributed by atoms with Crippen molar-refractivity contribution >= 4 is 40.2 Å². The van der Waals surface area contributed by atoms with Gasteiger partial charge in [0.25, 0.3) is 5.91 Å². The number of benzene rings is 2. The molecule has 3 rings (SSSR count). The Morgan fingerprint density at radius 2 is 2.00 bits per heavy atom. The molecule has 0 saturated heterocycles. The average molecular weight is 431 g/mol. The van der Waals surface area contributed by atoms with Gasteiger partial charge < -0.3 is 20.4 Å². The van der Waals surface area contributed by atoms with Crippen LogP contribution in [0, 0.1) is 0 Å². The molecule has 30 heavy (non-hydrogen) atoms. The Morgan fingerprint density at radius 3 is 2.70 bits per heavy atom. The number of carbonyl (C=O) groups excluding carboxylic acids is 2. The SMILES string of the molecule is CCCCN1CC(C(=O)O)=C(NC(=O)CCc2ccc3c(Cl)c(O)ccc3c2)C1=O. The minimum atomic E-state index is -1.20. The van der Waals surface area contributed by atoms with Crippen molar-refractivity contribution in [3.63, 3.8) is 0 Å². The molecule has 0 aliphatic carbocycles. The number of amides is 2. The lowest BCUT2D eigenvalue weighted by molar-refractivity contribution is -0.132. The zero-order chi connectivity index (χ0) is 21.8. The van der Waals surface area contributed by atoms with Crippen molar-refractivity contribution in [3.8, 4) is 5.75 Å². The van der Waals surface area contributed by atoms with E-state index in [4.69, 9.17) is 11.6 Å². The van der Waals surface area contributed by atoms with Gasteiger partial charge in [0, 0.05) is 18.4 Å². The molecule has 0 radical (unpaired) electrons. The predicted molar refractivity (Wildman–Crippen MR) is 113 cm³/mol. The lowest BCUT2D eigenvalue weighted by Gasteiger charge is -2.15. The summed E-state index contributed by atoms with van der Waals surface area (Å²) in [7, 11) is 0. The molecule has 1 aliphatic heterocycles. The smallest absolute Gasteiger partial charge is 0.335 e. The van der Waals surface area contributed by atoms with Crippen LogP contribution in [0.15, 0.2) is 41.6 Å². The van der Waals surface area contributed by atoms with E-state index in [9.17, 15) is 24.6 Å². The molecular formula is C22H23ClN2O5. The molecule has 0 spiro atoms. The molecule has 0 fully saturated rings. The Balaban J connectivity index is 1.67. The average Bonchev–Trinajstić information content (AvgIpc) is 3.03. The fraction of sp³-hybridized carbons (Fsp3) is 0.318. The summed E-state index contributed by atoms with van der Waals surface area (Å²) in [5.74, 6) is -2.06. The third kappa shape index (κ3) is 4.57. The van der Waals surface area contributed by atoms with Crippen LogP contribution in [0.2, 0.25) is 5.02 Å². The van der Waals surface area contributed by atoms with E-state index in [-0.39, 0.29) is 35.0 Å². The van der Waals surface area contributed by atoms with Crippen LogP contribution < -0.4 is 5.32 Å². The number of phenolic OH excluding ortho intramolecular Hbond substituents is 1. The second kappa shape index (κ2) is 9.17. The fourth-order valence-corrected chi connectivity index (χ4v) is 3.64. The highest BCUT2D eigenvalue weighted by atomic mass is 35.5. The highest BCUT2D eigenvalue weighted by Gasteiger charge is 2.34. The first-order chi connectivity index (χ1) is 14.3. The molecule has 7 nitrogen and oxygen atoms in total.